The number of anilines is 3. The van der Waals surface area contributed by atoms with E-state index in [1.165, 1.54) is 29.1 Å². The minimum absolute atomic E-state index is 0.113. The molecule has 0 atom stereocenters. The molecule has 0 fully saturated rings. The monoisotopic (exact) mass is 423 g/mol. The smallest absolute Gasteiger partial charge is 0.415 e. The third-order valence-electron chi connectivity index (χ3n) is 4.35. The van der Waals surface area contributed by atoms with Crippen LogP contribution >= 0.6 is 0 Å². The van der Waals surface area contributed by atoms with Crippen molar-refractivity contribution in [1.29, 1.82) is 0 Å². The molecule has 2 amide bonds. The van der Waals surface area contributed by atoms with Gasteiger partial charge in [0.25, 0.3) is 5.91 Å². The Morgan fingerprint density at radius 3 is 2.77 bits per heavy atom. The quantitative estimate of drug-likeness (QED) is 0.510. The maximum absolute atomic E-state index is 12.7. The van der Waals surface area contributed by atoms with Crippen LogP contribution in [0.5, 0.6) is 0 Å². The van der Waals surface area contributed by atoms with Crippen LogP contribution in [0.2, 0.25) is 0 Å². The Morgan fingerprint density at radius 2 is 2.06 bits per heavy atom. The van der Waals surface area contributed by atoms with Gasteiger partial charge in [0, 0.05) is 13.1 Å². The van der Waals surface area contributed by atoms with E-state index in [2.05, 4.69) is 20.4 Å². The molecule has 160 valence electrons. The molecule has 31 heavy (non-hydrogen) atoms. The number of nitrogens with one attached hydrogen (secondary N) is 1. The summed E-state index contributed by atoms with van der Waals surface area (Å²) in [6.45, 7) is 5.31. The molecule has 0 aliphatic carbocycles. The summed E-state index contributed by atoms with van der Waals surface area (Å²) in [7, 11) is 1.54. The molecule has 3 N–H and O–H groups in total. The number of nitrogens with two attached hydrogens (primary N) is 1. The number of nitrogens with zero attached hydrogens (tertiary/aromatic N) is 5. The fourth-order valence-corrected chi connectivity index (χ4v) is 2.97. The van der Waals surface area contributed by atoms with Crippen LogP contribution in [0.3, 0.4) is 0 Å². The second-order valence-electron chi connectivity index (χ2n) is 7.83. The summed E-state index contributed by atoms with van der Waals surface area (Å²) in [5.74, 6) is -0.0258. The Morgan fingerprint density at radius 1 is 1.29 bits per heavy atom. The lowest BCUT2D eigenvalue weighted by atomic mass is 10.2. The van der Waals surface area contributed by atoms with Gasteiger partial charge in [0.15, 0.2) is 17.6 Å². The van der Waals surface area contributed by atoms with Crippen molar-refractivity contribution in [1.82, 2.24) is 19.6 Å². The van der Waals surface area contributed by atoms with E-state index in [-0.39, 0.29) is 11.2 Å². The minimum Gasteiger partial charge on any atom is -0.443 e. The van der Waals surface area contributed by atoms with E-state index in [4.69, 9.17) is 14.9 Å². The predicted molar refractivity (Wildman–Crippen MR) is 113 cm³/mol. The first kappa shape index (κ1) is 20.1. The van der Waals surface area contributed by atoms with Crippen LogP contribution in [-0.2, 0) is 4.74 Å². The van der Waals surface area contributed by atoms with Gasteiger partial charge in [-0.15, -0.1) is 0 Å². The summed E-state index contributed by atoms with van der Waals surface area (Å²) in [5, 5.41) is 7.34. The standard InChI is InChI=1S/C20H21N7O4/c1-20(2,3)31-19(29)26(4)15-8-14(25-18-11(17(21)28)9-23-27(15)18)24-12-6-5-7-13-16(12)22-10-30-13/h5-10H,1-4H3,(H2,21,28)(H,24,25). The zero-order chi connectivity index (χ0) is 22.3. The van der Waals surface area contributed by atoms with Crippen molar-refractivity contribution in [2.24, 2.45) is 5.73 Å². The minimum atomic E-state index is -0.691. The Hall–Kier alpha value is -4.15. The van der Waals surface area contributed by atoms with Crippen molar-refractivity contribution < 1.29 is 18.7 Å². The van der Waals surface area contributed by atoms with Crippen molar-refractivity contribution in [3.8, 4) is 0 Å². The summed E-state index contributed by atoms with van der Waals surface area (Å²) in [6.07, 6.45) is 2.05. The number of benzene rings is 1. The van der Waals surface area contributed by atoms with Crippen LogP contribution in [0.15, 0.2) is 41.3 Å². The molecule has 0 spiro atoms. The van der Waals surface area contributed by atoms with E-state index in [1.807, 2.05) is 0 Å². The van der Waals surface area contributed by atoms with Gasteiger partial charge in [-0.25, -0.2) is 14.8 Å². The van der Waals surface area contributed by atoms with Crippen LogP contribution in [0.25, 0.3) is 16.7 Å². The van der Waals surface area contributed by atoms with E-state index < -0.39 is 17.6 Å². The highest BCUT2D eigenvalue weighted by Gasteiger charge is 2.25. The van der Waals surface area contributed by atoms with Crippen LogP contribution in [0.1, 0.15) is 31.1 Å². The number of hydrogen-bond donors (Lipinski definition) is 2. The second kappa shape index (κ2) is 7.27. The number of oxazole rings is 1. The number of carbonyl (C=O) groups is 2. The van der Waals surface area contributed by atoms with Crippen molar-refractivity contribution in [3.63, 3.8) is 0 Å². The lowest BCUT2D eigenvalue weighted by molar-refractivity contribution is 0.0587. The molecule has 0 unspecified atom stereocenters. The van der Waals surface area contributed by atoms with Gasteiger partial charge in [-0.05, 0) is 32.9 Å². The lowest BCUT2D eigenvalue weighted by Gasteiger charge is -2.25. The number of primary amides is 1. The van der Waals surface area contributed by atoms with Crippen LogP contribution in [-0.4, -0.2) is 44.2 Å². The first-order valence-electron chi connectivity index (χ1n) is 9.38. The van der Waals surface area contributed by atoms with Crippen LogP contribution < -0.4 is 16.0 Å². The number of para-hydroxylation sites is 1. The molecule has 0 bridgehead atoms. The zero-order valence-corrected chi connectivity index (χ0v) is 17.4. The number of hydrogen-bond acceptors (Lipinski definition) is 8. The van der Waals surface area contributed by atoms with E-state index in [0.717, 1.165) is 0 Å². The number of aromatic nitrogens is 4. The number of ether oxygens (including phenoxy) is 1. The summed E-state index contributed by atoms with van der Waals surface area (Å²) in [4.78, 5) is 34.5. The maximum atomic E-state index is 12.7. The fraction of sp³-hybridized carbons (Fsp3) is 0.250. The van der Waals surface area contributed by atoms with E-state index in [1.54, 1.807) is 45.0 Å². The summed E-state index contributed by atoms with van der Waals surface area (Å²) < 4.78 is 12.1. The normalized spacial score (nSPS) is 11.6. The summed E-state index contributed by atoms with van der Waals surface area (Å²) in [5.41, 5.74) is 6.93. The summed E-state index contributed by atoms with van der Waals surface area (Å²) >= 11 is 0. The Balaban J connectivity index is 1.82. The maximum Gasteiger partial charge on any atom is 0.415 e. The van der Waals surface area contributed by atoms with Gasteiger partial charge in [0.05, 0.1) is 11.9 Å². The number of rotatable bonds is 4. The number of carbonyl (C=O) groups excluding carboxylic acids is 2. The van der Waals surface area contributed by atoms with Gasteiger partial charge in [0.1, 0.15) is 28.3 Å². The average molecular weight is 423 g/mol. The topological polar surface area (TPSA) is 141 Å². The van der Waals surface area contributed by atoms with Crippen LogP contribution in [0, 0.1) is 0 Å². The third-order valence-corrected chi connectivity index (χ3v) is 4.35. The zero-order valence-electron chi connectivity index (χ0n) is 17.4. The van der Waals surface area contributed by atoms with Gasteiger partial charge in [-0.2, -0.15) is 9.61 Å². The highest BCUT2D eigenvalue weighted by atomic mass is 16.6. The molecule has 0 saturated heterocycles. The predicted octanol–water partition coefficient (Wildman–Crippen LogP) is 3.08. The Labute approximate surface area is 176 Å². The molecule has 4 rings (SSSR count). The van der Waals surface area contributed by atoms with Gasteiger partial charge in [-0.3, -0.25) is 9.69 Å². The molecule has 11 nitrogen and oxygen atoms in total. The van der Waals surface area contributed by atoms with Crippen molar-refractivity contribution >= 4 is 46.1 Å². The van der Waals surface area contributed by atoms with Gasteiger partial charge < -0.3 is 20.2 Å². The average Bonchev–Trinajstić information content (AvgIpc) is 3.32. The molecule has 0 saturated carbocycles. The number of fused-ring (bicyclic) bond motifs is 2. The molecular formula is C20H21N7O4. The van der Waals surface area contributed by atoms with Crippen molar-refractivity contribution in [2.75, 3.05) is 17.3 Å². The molecule has 3 aromatic heterocycles. The van der Waals surface area contributed by atoms with E-state index in [0.29, 0.717) is 28.4 Å². The fourth-order valence-electron chi connectivity index (χ4n) is 2.97. The largest absolute Gasteiger partial charge is 0.443 e. The first-order chi connectivity index (χ1) is 14.6. The van der Waals surface area contributed by atoms with E-state index in [9.17, 15) is 9.59 Å². The molecule has 11 heteroatoms. The Bertz CT molecular complexity index is 1300. The van der Waals surface area contributed by atoms with Gasteiger partial charge >= 0.3 is 6.09 Å². The lowest BCUT2D eigenvalue weighted by Crippen LogP contribution is -2.35. The molecule has 1 aromatic carbocycles. The van der Waals surface area contributed by atoms with Gasteiger partial charge in [-0.1, -0.05) is 6.07 Å². The van der Waals surface area contributed by atoms with E-state index >= 15 is 0 Å². The summed E-state index contributed by atoms with van der Waals surface area (Å²) in [6, 6.07) is 7.00. The highest BCUT2D eigenvalue weighted by Crippen LogP contribution is 2.28. The van der Waals surface area contributed by atoms with Gasteiger partial charge in [0.2, 0.25) is 0 Å². The molecule has 0 aliphatic rings. The molecule has 0 radical (unpaired) electrons. The SMILES string of the molecule is CN(C(=O)OC(C)(C)C)c1cc(Nc2cccc3ocnc23)nc2c(C(N)=O)cnn12. The molecular weight excluding hydrogens is 402 g/mol. The molecule has 4 aromatic rings. The Kier molecular flexibility index (Phi) is 4.72. The molecule has 3 heterocycles. The molecule has 0 aliphatic heterocycles. The third kappa shape index (κ3) is 3.84. The first-order valence-corrected chi connectivity index (χ1v) is 9.38. The highest BCUT2D eigenvalue weighted by molar-refractivity contribution is 5.99. The van der Waals surface area contributed by atoms with Crippen molar-refractivity contribution in [2.45, 2.75) is 26.4 Å². The number of amides is 2. The van der Waals surface area contributed by atoms with Crippen molar-refractivity contribution in [3.05, 3.63) is 42.4 Å². The van der Waals surface area contributed by atoms with Crippen LogP contribution in [0.4, 0.5) is 22.1 Å². The second-order valence-corrected chi connectivity index (χ2v) is 7.83.